The van der Waals surface area contributed by atoms with Gasteiger partial charge in [0.05, 0.1) is 13.0 Å². The maximum absolute atomic E-state index is 12.6. The third-order valence-electron chi connectivity index (χ3n) is 3.69. The van der Waals surface area contributed by atoms with Crippen LogP contribution in [0.15, 0.2) is 71.5 Å². The number of hydrogen-bond acceptors (Lipinski definition) is 5. The molecule has 0 aliphatic carbocycles. The van der Waals surface area contributed by atoms with E-state index in [2.05, 4.69) is 15.8 Å². The first-order valence-electron chi connectivity index (χ1n) is 9.12. The molecule has 0 bridgehead atoms. The summed E-state index contributed by atoms with van der Waals surface area (Å²) in [6, 6.07) is 17.7. The van der Waals surface area contributed by atoms with E-state index in [0.29, 0.717) is 11.3 Å². The summed E-state index contributed by atoms with van der Waals surface area (Å²) < 4.78 is 4.85. The Labute approximate surface area is 169 Å². The summed E-state index contributed by atoms with van der Waals surface area (Å²) in [5.74, 6) is -1.46. The van der Waals surface area contributed by atoms with Crippen LogP contribution in [0.25, 0.3) is 6.08 Å². The van der Waals surface area contributed by atoms with Gasteiger partial charge in [-0.05, 0) is 37.6 Å². The van der Waals surface area contributed by atoms with Crippen LogP contribution in [0.2, 0.25) is 0 Å². The molecule has 2 amide bonds. The van der Waals surface area contributed by atoms with E-state index in [0.717, 1.165) is 5.56 Å². The molecule has 0 aliphatic heterocycles. The van der Waals surface area contributed by atoms with Gasteiger partial charge >= 0.3 is 5.97 Å². The van der Waals surface area contributed by atoms with E-state index in [9.17, 15) is 14.4 Å². The fourth-order valence-electron chi connectivity index (χ4n) is 2.33. The van der Waals surface area contributed by atoms with Crippen molar-refractivity contribution >= 4 is 29.6 Å². The smallest absolute Gasteiger partial charge is 0.311 e. The molecule has 7 heteroatoms. The highest BCUT2D eigenvalue weighted by molar-refractivity contribution is 6.06. The molecule has 0 unspecified atom stereocenters. The molecule has 0 heterocycles. The van der Waals surface area contributed by atoms with Gasteiger partial charge in [-0.3, -0.25) is 14.4 Å². The van der Waals surface area contributed by atoms with Crippen molar-refractivity contribution in [3.63, 3.8) is 0 Å². The van der Waals surface area contributed by atoms with E-state index in [1.165, 1.54) is 0 Å². The standard InChI is InChI=1S/C22H23N3O4/c1-3-29-20(26)14-16(2)24-25-22(28)19(15-17-10-6-4-7-11-17)23-21(27)18-12-8-5-9-13-18/h4-13,15H,3,14H2,1-2H3,(H,23,27)(H,25,28)/b19-15-,24-16-. The Bertz CT molecular complexity index is 906. The van der Waals surface area contributed by atoms with Crippen LogP contribution in [0, 0.1) is 0 Å². The molecule has 150 valence electrons. The third-order valence-corrected chi connectivity index (χ3v) is 3.69. The van der Waals surface area contributed by atoms with Crippen molar-refractivity contribution < 1.29 is 19.1 Å². The maximum Gasteiger partial charge on any atom is 0.311 e. The highest BCUT2D eigenvalue weighted by Gasteiger charge is 2.14. The lowest BCUT2D eigenvalue weighted by Gasteiger charge is -2.10. The molecule has 0 aromatic heterocycles. The number of carbonyl (C=O) groups is 3. The number of nitrogens with zero attached hydrogens (tertiary/aromatic N) is 1. The monoisotopic (exact) mass is 393 g/mol. The van der Waals surface area contributed by atoms with Crippen molar-refractivity contribution in [2.75, 3.05) is 6.61 Å². The Morgan fingerprint density at radius 2 is 1.62 bits per heavy atom. The van der Waals surface area contributed by atoms with Gasteiger partial charge < -0.3 is 10.1 Å². The van der Waals surface area contributed by atoms with E-state index >= 15 is 0 Å². The van der Waals surface area contributed by atoms with Gasteiger partial charge in [0.25, 0.3) is 11.8 Å². The van der Waals surface area contributed by atoms with Crippen LogP contribution in [0.4, 0.5) is 0 Å². The second-order valence-electron chi connectivity index (χ2n) is 6.06. The summed E-state index contributed by atoms with van der Waals surface area (Å²) in [6.07, 6.45) is 1.51. The van der Waals surface area contributed by atoms with Gasteiger partial charge in [0.15, 0.2) is 0 Å². The minimum absolute atomic E-state index is 0.0257. The molecule has 0 saturated heterocycles. The fraction of sp³-hybridized carbons (Fsp3) is 0.182. The zero-order chi connectivity index (χ0) is 21.1. The van der Waals surface area contributed by atoms with Gasteiger partial charge in [-0.1, -0.05) is 48.5 Å². The number of hydrogen-bond donors (Lipinski definition) is 2. The minimum Gasteiger partial charge on any atom is -0.466 e. The fourth-order valence-corrected chi connectivity index (χ4v) is 2.33. The molecule has 0 aliphatic rings. The van der Waals surface area contributed by atoms with Gasteiger partial charge in [-0.15, -0.1) is 0 Å². The van der Waals surface area contributed by atoms with Crippen LogP contribution in [-0.2, 0) is 14.3 Å². The Morgan fingerprint density at radius 1 is 1.00 bits per heavy atom. The van der Waals surface area contributed by atoms with E-state index in [1.807, 2.05) is 18.2 Å². The Morgan fingerprint density at radius 3 is 2.24 bits per heavy atom. The first-order chi connectivity index (χ1) is 14.0. The van der Waals surface area contributed by atoms with Crippen molar-refractivity contribution in [1.82, 2.24) is 10.7 Å². The molecule has 0 fully saturated rings. The molecular weight excluding hydrogens is 370 g/mol. The van der Waals surface area contributed by atoms with Gasteiger partial charge in [0.2, 0.25) is 0 Å². The Hall–Kier alpha value is -3.74. The summed E-state index contributed by atoms with van der Waals surface area (Å²) in [4.78, 5) is 36.6. The Balaban J connectivity index is 2.16. The second-order valence-corrected chi connectivity index (χ2v) is 6.06. The maximum atomic E-state index is 12.6. The first-order valence-corrected chi connectivity index (χ1v) is 9.12. The number of carbonyl (C=O) groups excluding carboxylic acids is 3. The van der Waals surface area contributed by atoms with Crippen molar-refractivity contribution in [2.24, 2.45) is 5.10 Å². The lowest BCUT2D eigenvalue weighted by Crippen LogP contribution is -2.33. The number of nitrogens with one attached hydrogen (secondary N) is 2. The molecule has 0 spiro atoms. The van der Waals surface area contributed by atoms with Crippen molar-refractivity contribution in [1.29, 1.82) is 0 Å². The van der Waals surface area contributed by atoms with Crippen LogP contribution >= 0.6 is 0 Å². The van der Waals surface area contributed by atoms with Crippen LogP contribution < -0.4 is 10.7 Å². The lowest BCUT2D eigenvalue weighted by molar-refractivity contribution is -0.141. The molecule has 2 aromatic carbocycles. The number of ether oxygens (including phenoxy) is 1. The SMILES string of the molecule is CCOC(=O)C/C(C)=N\NC(=O)/C(=C/c1ccccc1)NC(=O)c1ccccc1. The summed E-state index contributed by atoms with van der Waals surface area (Å²) in [6.45, 7) is 3.58. The minimum atomic E-state index is -0.610. The average Bonchev–Trinajstić information content (AvgIpc) is 2.73. The number of rotatable bonds is 8. The van der Waals surface area contributed by atoms with E-state index < -0.39 is 17.8 Å². The summed E-state index contributed by atoms with van der Waals surface area (Å²) in [7, 11) is 0. The molecular formula is C22H23N3O4. The zero-order valence-corrected chi connectivity index (χ0v) is 16.3. The number of esters is 1. The number of benzene rings is 2. The van der Waals surface area contributed by atoms with Crippen molar-refractivity contribution in [3.05, 3.63) is 77.5 Å². The molecule has 0 saturated carbocycles. The highest BCUT2D eigenvalue weighted by atomic mass is 16.5. The second kappa shape index (κ2) is 11.2. The predicted octanol–water partition coefficient (Wildman–Crippen LogP) is 2.90. The normalized spacial score (nSPS) is 11.5. The van der Waals surface area contributed by atoms with E-state index in [1.54, 1.807) is 62.4 Å². The molecule has 2 N–H and O–H groups in total. The third kappa shape index (κ3) is 7.42. The quantitative estimate of drug-likeness (QED) is 0.312. The lowest BCUT2D eigenvalue weighted by atomic mass is 10.1. The topological polar surface area (TPSA) is 96.9 Å². The summed E-state index contributed by atoms with van der Waals surface area (Å²) >= 11 is 0. The molecule has 2 rings (SSSR count). The van der Waals surface area contributed by atoms with E-state index in [-0.39, 0.29) is 18.7 Å². The van der Waals surface area contributed by atoms with Gasteiger partial charge in [0.1, 0.15) is 5.70 Å². The number of amides is 2. The van der Waals surface area contributed by atoms with Gasteiger partial charge in [-0.2, -0.15) is 5.10 Å². The largest absolute Gasteiger partial charge is 0.466 e. The number of hydrazone groups is 1. The van der Waals surface area contributed by atoms with Gasteiger partial charge in [-0.25, -0.2) is 5.43 Å². The Kier molecular flexibility index (Phi) is 8.31. The summed E-state index contributed by atoms with van der Waals surface area (Å²) in [5.41, 5.74) is 3.92. The highest BCUT2D eigenvalue weighted by Crippen LogP contribution is 2.07. The van der Waals surface area contributed by atoms with Crippen molar-refractivity contribution in [2.45, 2.75) is 20.3 Å². The molecule has 0 atom stereocenters. The molecule has 0 radical (unpaired) electrons. The van der Waals surface area contributed by atoms with Crippen molar-refractivity contribution in [3.8, 4) is 0 Å². The van der Waals surface area contributed by atoms with Crippen LogP contribution in [0.3, 0.4) is 0 Å². The molecule has 2 aromatic rings. The first kappa shape index (κ1) is 21.6. The average molecular weight is 393 g/mol. The van der Waals surface area contributed by atoms with Crippen LogP contribution in [-0.4, -0.2) is 30.1 Å². The van der Waals surface area contributed by atoms with E-state index in [4.69, 9.17) is 4.74 Å². The molecule has 7 nitrogen and oxygen atoms in total. The summed E-state index contributed by atoms with van der Waals surface area (Å²) in [5, 5.41) is 6.53. The predicted molar refractivity (Wildman–Crippen MR) is 111 cm³/mol. The van der Waals surface area contributed by atoms with Gasteiger partial charge in [0, 0.05) is 11.3 Å². The molecule has 29 heavy (non-hydrogen) atoms. The van der Waals surface area contributed by atoms with Crippen LogP contribution in [0.1, 0.15) is 36.2 Å². The van der Waals surface area contributed by atoms with Crippen LogP contribution in [0.5, 0.6) is 0 Å². The zero-order valence-electron chi connectivity index (χ0n) is 16.3.